The summed E-state index contributed by atoms with van der Waals surface area (Å²) in [6.45, 7) is 4.98. The number of hydrogen-bond donors (Lipinski definition) is 0. The molecule has 1 aromatic carbocycles. The Balaban J connectivity index is 2.05. The van der Waals surface area contributed by atoms with Gasteiger partial charge in [-0.15, -0.1) is 0 Å². The lowest BCUT2D eigenvalue weighted by Gasteiger charge is -2.26. The number of esters is 1. The average Bonchev–Trinajstić information content (AvgIpc) is 2.65. The van der Waals surface area contributed by atoms with Crippen LogP contribution in [-0.2, 0) is 24.3 Å². The van der Waals surface area contributed by atoms with Crippen LogP contribution in [0.5, 0.6) is 0 Å². The second-order valence-corrected chi connectivity index (χ2v) is 8.21. The van der Waals surface area contributed by atoms with E-state index in [1.165, 1.54) is 35.6 Å². The van der Waals surface area contributed by atoms with Gasteiger partial charge in [-0.1, -0.05) is 6.07 Å². The fourth-order valence-corrected chi connectivity index (χ4v) is 3.76. The first-order chi connectivity index (χ1) is 12.2. The highest BCUT2D eigenvalue weighted by molar-refractivity contribution is 7.89. The summed E-state index contributed by atoms with van der Waals surface area (Å²) in [7, 11) is -2.23. The number of amides is 1. The largest absolute Gasteiger partial charge is 0.452 e. The number of ether oxygens (including phenoxy) is 2. The first kappa shape index (κ1) is 20.3. The number of benzene rings is 1. The third-order valence-corrected chi connectivity index (χ3v) is 6.19. The molecule has 0 unspecified atom stereocenters. The highest BCUT2D eigenvalue weighted by Crippen LogP contribution is 2.18. The Kier molecular flexibility index (Phi) is 6.74. The van der Waals surface area contributed by atoms with E-state index in [2.05, 4.69) is 0 Å². The van der Waals surface area contributed by atoms with Crippen molar-refractivity contribution in [3.63, 3.8) is 0 Å². The zero-order valence-electron chi connectivity index (χ0n) is 15.2. The van der Waals surface area contributed by atoms with Crippen LogP contribution < -0.4 is 0 Å². The van der Waals surface area contributed by atoms with Gasteiger partial charge in [0.15, 0.2) is 6.61 Å². The van der Waals surface area contributed by atoms with E-state index in [4.69, 9.17) is 9.47 Å². The number of carbonyl (C=O) groups excluding carboxylic acids is 2. The van der Waals surface area contributed by atoms with Gasteiger partial charge in [0.25, 0.3) is 5.91 Å². The SMILES string of the molecule is CC(C)N(C)S(=O)(=O)c1cccc(C(=O)OCC(=O)N2CCOCC2)c1. The molecule has 1 fully saturated rings. The molecule has 0 N–H and O–H groups in total. The zero-order valence-corrected chi connectivity index (χ0v) is 16.0. The predicted octanol–water partition coefficient (Wildman–Crippen LogP) is 0.731. The van der Waals surface area contributed by atoms with Gasteiger partial charge in [-0.05, 0) is 32.0 Å². The van der Waals surface area contributed by atoms with Crippen LogP contribution in [0.4, 0.5) is 0 Å². The summed E-state index contributed by atoms with van der Waals surface area (Å²) in [5.74, 6) is -1.04. The number of nitrogens with zero attached hydrogens (tertiary/aromatic N) is 2. The van der Waals surface area contributed by atoms with Crippen molar-refractivity contribution >= 4 is 21.9 Å². The van der Waals surface area contributed by atoms with Gasteiger partial charge < -0.3 is 14.4 Å². The molecule has 1 aromatic rings. The molecule has 1 aliphatic rings. The molecule has 26 heavy (non-hydrogen) atoms. The van der Waals surface area contributed by atoms with E-state index in [0.717, 1.165) is 0 Å². The van der Waals surface area contributed by atoms with Crippen molar-refractivity contribution < 1.29 is 27.5 Å². The maximum absolute atomic E-state index is 12.5. The smallest absolute Gasteiger partial charge is 0.338 e. The van der Waals surface area contributed by atoms with Crippen LogP contribution in [0.15, 0.2) is 29.2 Å². The Morgan fingerprint density at radius 1 is 1.27 bits per heavy atom. The van der Waals surface area contributed by atoms with Gasteiger partial charge in [-0.2, -0.15) is 4.31 Å². The molecule has 144 valence electrons. The van der Waals surface area contributed by atoms with Gasteiger partial charge in [-0.25, -0.2) is 13.2 Å². The van der Waals surface area contributed by atoms with Crippen LogP contribution >= 0.6 is 0 Å². The third-order valence-electron chi connectivity index (χ3n) is 4.16. The van der Waals surface area contributed by atoms with E-state index >= 15 is 0 Å². The fourth-order valence-electron chi connectivity index (χ4n) is 2.34. The number of hydrogen-bond acceptors (Lipinski definition) is 6. The quantitative estimate of drug-likeness (QED) is 0.672. The first-order valence-corrected chi connectivity index (χ1v) is 9.78. The molecule has 0 bridgehead atoms. The Hall–Kier alpha value is -1.97. The summed E-state index contributed by atoms with van der Waals surface area (Å²) in [6, 6.07) is 5.39. The number of sulfonamides is 1. The monoisotopic (exact) mass is 384 g/mol. The Morgan fingerprint density at radius 3 is 2.54 bits per heavy atom. The second kappa shape index (κ2) is 8.61. The van der Waals surface area contributed by atoms with Gasteiger partial charge in [0.05, 0.1) is 23.7 Å². The summed E-state index contributed by atoms with van der Waals surface area (Å²) >= 11 is 0. The molecule has 9 heteroatoms. The average molecular weight is 384 g/mol. The molecule has 1 heterocycles. The lowest BCUT2D eigenvalue weighted by atomic mass is 10.2. The maximum Gasteiger partial charge on any atom is 0.338 e. The van der Waals surface area contributed by atoms with Crippen molar-refractivity contribution in [1.29, 1.82) is 0 Å². The Labute approximate surface area is 153 Å². The highest BCUT2D eigenvalue weighted by Gasteiger charge is 2.24. The van der Waals surface area contributed by atoms with Crippen LogP contribution in [-0.4, -0.2) is 75.5 Å². The van der Waals surface area contributed by atoms with Crippen molar-refractivity contribution in [1.82, 2.24) is 9.21 Å². The molecule has 1 aliphatic heterocycles. The van der Waals surface area contributed by atoms with Crippen molar-refractivity contribution in [3.05, 3.63) is 29.8 Å². The fraction of sp³-hybridized carbons (Fsp3) is 0.529. The lowest BCUT2D eigenvalue weighted by Crippen LogP contribution is -2.42. The van der Waals surface area contributed by atoms with E-state index in [1.54, 1.807) is 18.7 Å². The summed E-state index contributed by atoms with van der Waals surface area (Å²) in [5, 5.41) is 0. The van der Waals surface area contributed by atoms with Gasteiger partial charge in [0, 0.05) is 26.2 Å². The second-order valence-electron chi connectivity index (χ2n) is 6.21. The first-order valence-electron chi connectivity index (χ1n) is 8.34. The number of rotatable bonds is 6. The molecular weight excluding hydrogens is 360 g/mol. The van der Waals surface area contributed by atoms with Crippen LogP contribution in [0.25, 0.3) is 0 Å². The van der Waals surface area contributed by atoms with Gasteiger partial charge >= 0.3 is 5.97 Å². The molecular formula is C17H24N2O6S. The minimum Gasteiger partial charge on any atom is -0.452 e. The molecule has 2 rings (SSSR count). The molecule has 0 radical (unpaired) electrons. The normalized spacial score (nSPS) is 15.3. The molecule has 8 nitrogen and oxygen atoms in total. The minimum atomic E-state index is -3.71. The third kappa shape index (κ3) is 4.80. The highest BCUT2D eigenvalue weighted by atomic mass is 32.2. The summed E-state index contributed by atoms with van der Waals surface area (Å²) in [5.41, 5.74) is 0.0815. The molecule has 0 spiro atoms. The van der Waals surface area contributed by atoms with Crippen molar-refractivity contribution in [3.8, 4) is 0 Å². The van der Waals surface area contributed by atoms with Gasteiger partial charge in [0.1, 0.15) is 0 Å². The van der Waals surface area contributed by atoms with Crippen LogP contribution in [0.1, 0.15) is 24.2 Å². The molecule has 1 saturated heterocycles. The molecule has 0 aliphatic carbocycles. The lowest BCUT2D eigenvalue weighted by molar-refractivity contribution is -0.138. The zero-order chi connectivity index (χ0) is 19.3. The van der Waals surface area contributed by atoms with E-state index in [0.29, 0.717) is 26.3 Å². The molecule has 0 atom stereocenters. The number of morpholine rings is 1. The van der Waals surface area contributed by atoms with Gasteiger partial charge in [-0.3, -0.25) is 4.79 Å². The Bertz CT molecular complexity index is 756. The molecule has 0 saturated carbocycles. The number of carbonyl (C=O) groups is 2. The summed E-state index contributed by atoms with van der Waals surface area (Å²) in [6.07, 6.45) is 0. The van der Waals surface area contributed by atoms with Crippen molar-refractivity contribution in [2.24, 2.45) is 0 Å². The van der Waals surface area contributed by atoms with Crippen LogP contribution in [0, 0.1) is 0 Å². The maximum atomic E-state index is 12.5. The Morgan fingerprint density at radius 2 is 1.92 bits per heavy atom. The standard InChI is InChI=1S/C17H24N2O6S/c1-13(2)18(3)26(22,23)15-6-4-5-14(11-15)17(21)25-12-16(20)19-7-9-24-10-8-19/h4-6,11,13H,7-10,12H2,1-3H3. The molecule has 1 amide bonds. The molecule has 0 aromatic heterocycles. The van der Waals surface area contributed by atoms with E-state index in [1.807, 2.05) is 0 Å². The topological polar surface area (TPSA) is 93.2 Å². The predicted molar refractivity (Wildman–Crippen MR) is 94.2 cm³/mol. The summed E-state index contributed by atoms with van der Waals surface area (Å²) < 4.78 is 36.5. The van der Waals surface area contributed by atoms with E-state index < -0.39 is 16.0 Å². The van der Waals surface area contributed by atoms with Crippen molar-refractivity contribution in [2.75, 3.05) is 40.0 Å². The van der Waals surface area contributed by atoms with Gasteiger partial charge in [0.2, 0.25) is 10.0 Å². The van der Waals surface area contributed by atoms with Crippen LogP contribution in [0.2, 0.25) is 0 Å². The van der Waals surface area contributed by atoms with Crippen LogP contribution in [0.3, 0.4) is 0 Å². The van der Waals surface area contributed by atoms with E-state index in [9.17, 15) is 18.0 Å². The van der Waals surface area contributed by atoms with Crippen molar-refractivity contribution in [2.45, 2.75) is 24.8 Å². The summed E-state index contributed by atoms with van der Waals surface area (Å²) in [4.78, 5) is 25.8. The minimum absolute atomic E-state index is 0.00246. The van der Waals surface area contributed by atoms with E-state index in [-0.39, 0.29) is 29.0 Å².